The summed E-state index contributed by atoms with van der Waals surface area (Å²) in [6, 6.07) is 2.77. The number of fused-ring (bicyclic) bond motifs is 5. The number of nitrogens with zero attached hydrogens (tertiary/aromatic N) is 4. The SMILES string of the molecule is C[C@H]1C(=O)N2CC(c3ncc(-c4ccc(N)nc4F)[nH]3)C3=C(CN=CC(Cl)=C4C(F)=CC(=O)C=C43)C2C12CC2. The topological polar surface area (TPSA) is 117 Å². The number of aromatic nitrogens is 3. The number of halogens is 3. The van der Waals surface area contributed by atoms with Crippen LogP contribution in [-0.4, -0.2) is 56.9 Å². The number of carbonyl (C=O) groups is 2. The molecule has 0 radical (unpaired) electrons. The van der Waals surface area contributed by atoms with Gasteiger partial charge in [0.25, 0.3) is 0 Å². The summed E-state index contributed by atoms with van der Waals surface area (Å²) in [5.74, 6) is -2.19. The predicted molar refractivity (Wildman–Crippen MR) is 141 cm³/mol. The number of hydrogen-bond donors (Lipinski definition) is 2. The Balaban J connectivity index is 1.44. The number of nitrogens with one attached hydrogen (secondary N) is 1. The summed E-state index contributed by atoms with van der Waals surface area (Å²) in [5.41, 5.74) is 7.95. The molecule has 1 saturated carbocycles. The molecule has 2 aliphatic carbocycles. The van der Waals surface area contributed by atoms with Crippen LogP contribution in [0.15, 0.2) is 68.6 Å². The van der Waals surface area contributed by atoms with Gasteiger partial charge in [-0.15, -0.1) is 0 Å². The van der Waals surface area contributed by atoms with E-state index < -0.39 is 23.5 Å². The Morgan fingerprint density at radius 2 is 2.00 bits per heavy atom. The molecule has 0 bridgehead atoms. The van der Waals surface area contributed by atoms with Gasteiger partial charge in [-0.25, -0.2) is 14.4 Å². The van der Waals surface area contributed by atoms with E-state index in [1.54, 1.807) is 0 Å². The number of pyridine rings is 1. The summed E-state index contributed by atoms with van der Waals surface area (Å²) in [6.07, 6.45) is 7.00. The molecule has 3 aliphatic heterocycles. The Bertz CT molecular complexity index is 1650. The van der Waals surface area contributed by atoms with Crippen molar-refractivity contribution in [3.8, 4) is 11.3 Å². The van der Waals surface area contributed by atoms with Crippen LogP contribution in [0.1, 0.15) is 31.5 Å². The molecule has 5 heterocycles. The summed E-state index contributed by atoms with van der Waals surface area (Å²) in [5, 5.41) is 0.0855. The van der Waals surface area contributed by atoms with Crippen molar-refractivity contribution in [2.75, 3.05) is 18.8 Å². The van der Waals surface area contributed by atoms with Gasteiger partial charge in [0, 0.05) is 35.7 Å². The lowest BCUT2D eigenvalue weighted by molar-refractivity contribution is -0.131. The number of rotatable bonds is 2. The van der Waals surface area contributed by atoms with Gasteiger partial charge >= 0.3 is 0 Å². The Morgan fingerprint density at radius 3 is 2.74 bits per heavy atom. The van der Waals surface area contributed by atoms with Crippen molar-refractivity contribution in [2.45, 2.75) is 31.7 Å². The number of imidazole rings is 1. The molecule has 2 aromatic rings. The first kappa shape index (κ1) is 24.1. The second-order valence-corrected chi connectivity index (χ2v) is 11.1. The van der Waals surface area contributed by atoms with Crippen molar-refractivity contribution in [1.29, 1.82) is 0 Å². The predicted octanol–water partition coefficient (Wildman–Crippen LogP) is 4.15. The number of amides is 1. The molecule has 3 N–H and O–H groups in total. The lowest BCUT2D eigenvalue weighted by Crippen LogP contribution is -2.46. The van der Waals surface area contributed by atoms with Gasteiger partial charge in [-0.05, 0) is 47.8 Å². The fraction of sp³-hybridized carbons (Fsp3) is 0.321. The van der Waals surface area contributed by atoms with Crippen LogP contribution >= 0.6 is 11.6 Å². The average molecular weight is 549 g/mol. The van der Waals surface area contributed by atoms with E-state index in [2.05, 4.69) is 19.9 Å². The highest BCUT2D eigenvalue weighted by Gasteiger charge is 2.66. The van der Waals surface area contributed by atoms with Crippen molar-refractivity contribution in [1.82, 2.24) is 19.9 Å². The fourth-order valence-electron chi connectivity index (χ4n) is 6.79. The second-order valence-electron chi connectivity index (χ2n) is 10.7. The summed E-state index contributed by atoms with van der Waals surface area (Å²) >= 11 is 6.50. The molecule has 39 heavy (non-hydrogen) atoms. The van der Waals surface area contributed by atoms with Crippen LogP contribution in [0.3, 0.4) is 0 Å². The van der Waals surface area contributed by atoms with Crippen molar-refractivity contribution >= 4 is 35.3 Å². The zero-order valence-electron chi connectivity index (χ0n) is 20.8. The standard InChI is InChI=1S/C28H23ClF2N6O2/c1-12-27(39)37-11-17(26-34-10-20(35-26)14-2-3-21(32)36-25(14)31)22-15-6-13(38)7-19(30)23(15)18(29)9-33-8-16(22)24(37)28(12)4-5-28/h2-3,6-7,9-10,12,17,24H,4-5,8,11H2,1H3,(H2,32,36)(H,34,35)/t12-,17?,24?/m0/s1. The normalized spacial score (nSPS) is 27.2. The third-order valence-electron chi connectivity index (χ3n) is 8.75. The van der Waals surface area contributed by atoms with Gasteiger partial charge in [-0.1, -0.05) is 18.5 Å². The molecule has 198 valence electrons. The summed E-state index contributed by atoms with van der Waals surface area (Å²) in [4.78, 5) is 44.0. The van der Waals surface area contributed by atoms with Gasteiger partial charge in [-0.3, -0.25) is 14.6 Å². The first-order chi connectivity index (χ1) is 18.7. The zero-order valence-corrected chi connectivity index (χ0v) is 21.6. The Hall–Kier alpha value is -3.92. The Kier molecular flexibility index (Phi) is 5.13. The maximum atomic E-state index is 15.3. The minimum absolute atomic E-state index is 0.0502. The number of ketones is 1. The van der Waals surface area contributed by atoms with E-state index in [-0.39, 0.29) is 58.4 Å². The van der Waals surface area contributed by atoms with Crippen molar-refractivity contribution < 1.29 is 18.4 Å². The number of allylic oxidation sites excluding steroid dienone is 6. The molecule has 11 heteroatoms. The third kappa shape index (κ3) is 3.43. The van der Waals surface area contributed by atoms with Crippen LogP contribution in [0.25, 0.3) is 11.3 Å². The van der Waals surface area contributed by atoms with E-state index in [4.69, 9.17) is 17.3 Å². The van der Waals surface area contributed by atoms with E-state index >= 15 is 4.39 Å². The lowest BCUT2D eigenvalue weighted by Gasteiger charge is -2.42. The number of nitrogen functional groups attached to an aromatic ring is 1. The maximum Gasteiger partial charge on any atom is 0.226 e. The molecule has 0 aromatic carbocycles. The highest BCUT2D eigenvalue weighted by molar-refractivity contribution is 6.40. The van der Waals surface area contributed by atoms with Crippen LogP contribution in [0, 0.1) is 17.3 Å². The molecule has 3 atom stereocenters. The van der Waals surface area contributed by atoms with Crippen molar-refractivity contribution in [2.24, 2.45) is 16.3 Å². The molecule has 5 aliphatic rings. The van der Waals surface area contributed by atoms with Gasteiger partial charge in [0.05, 0.1) is 41.0 Å². The number of carbonyl (C=O) groups excluding carboxylic acids is 2. The molecule has 2 unspecified atom stereocenters. The van der Waals surface area contributed by atoms with Gasteiger partial charge in [0.15, 0.2) is 5.78 Å². The van der Waals surface area contributed by atoms with E-state index in [9.17, 15) is 14.0 Å². The number of H-pyrrole nitrogens is 1. The van der Waals surface area contributed by atoms with Crippen molar-refractivity contribution in [3.05, 3.63) is 75.4 Å². The molecule has 7 rings (SSSR count). The second kappa shape index (κ2) is 8.29. The first-order valence-electron chi connectivity index (χ1n) is 12.7. The van der Waals surface area contributed by atoms with Crippen LogP contribution in [0.5, 0.6) is 0 Å². The monoisotopic (exact) mass is 548 g/mol. The van der Waals surface area contributed by atoms with Crippen molar-refractivity contribution in [3.63, 3.8) is 0 Å². The summed E-state index contributed by atoms with van der Waals surface area (Å²) in [6.45, 7) is 2.46. The van der Waals surface area contributed by atoms with Crippen LogP contribution in [-0.2, 0) is 9.59 Å². The third-order valence-corrected chi connectivity index (χ3v) is 9.03. The smallest absolute Gasteiger partial charge is 0.226 e. The van der Waals surface area contributed by atoms with E-state index in [1.807, 2.05) is 11.8 Å². The number of hydrogen-bond acceptors (Lipinski definition) is 6. The number of aromatic amines is 1. The lowest BCUT2D eigenvalue weighted by atomic mass is 9.73. The molecule has 8 nitrogen and oxygen atoms in total. The number of anilines is 1. The molecule has 1 amide bonds. The summed E-state index contributed by atoms with van der Waals surface area (Å²) < 4.78 is 29.9. The Labute approximate surface area is 227 Å². The van der Waals surface area contributed by atoms with E-state index in [1.165, 1.54) is 30.6 Å². The quantitative estimate of drug-likeness (QED) is 0.547. The van der Waals surface area contributed by atoms with Crippen LogP contribution in [0.2, 0.25) is 0 Å². The molecular weight excluding hydrogens is 526 g/mol. The maximum absolute atomic E-state index is 15.3. The van der Waals surface area contributed by atoms with E-state index in [0.717, 1.165) is 24.5 Å². The summed E-state index contributed by atoms with van der Waals surface area (Å²) in [7, 11) is 0. The molecule has 2 aromatic heterocycles. The highest BCUT2D eigenvalue weighted by Crippen LogP contribution is 2.64. The first-order valence-corrected chi connectivity index (χ1v) is 13.1. The van der Waals surface area contributed by atoms with Gasteiger partial charge < -0.3 is 15.6 Å². The fourth-order valence-corrected chi connectivity index (χ4v) is 7.05. The zero-order chi connectivity index (χ0) is 27.2. The number of nitrogens with two attached hydrogens (primary N) is 1. The molecular formula is C28H23ClF2N6O2. The van der Waals surface area contributed by atoms with E-state index in [0.29, 0.717) is 22.7 Å². The van der Waals surface area contributed by atoms with Gasteiger partial charge in [-0.2, -0.15) is 4.39 Å². The Morgan fingerprint density at radius 1 is 1.21 bits per heavy atom. The molecule has 1 spiro atoms. The largest absolute Gasteiger partial charge is 0.384 e. The van der Waals surface area contributed by atoms with Crippen LogP contribution < -0.4 is 5.73 Å². The minimum atomic E-state index is -0.752. The van der Waals surface area contributed by atoms with Crippen LogP contribution in [0.4, 0.5) is 14.6 Å². The molecule has 1 saturated heterocycles. The average Bonchev–Trinajstić information content (AvgIpc) is 3.48. The molecule has 2 fully saturated rings. The van der Waals surface area contributed by atoms with Gasteiger partial charge in [0.1, 0.15) is 17.5 Å². The van der Waals surface area contributed by atoms with Gasteiger partial charge in [0.2, 0.25) is 11.9 Å². The highest BCUT2D eigenvalue weighted by atomic mass is 35.5. The minimum Gasteiger partial charge on any atom is -0.384 e. The number of aliphatic imine (C=N–C) groups is 1.